The molecular weight excluding hydrogens is 248 g/mol. The number of pyridine rings is 1. The summed E-state index contributed by atoms with van der Waals surface area (Å²) >= 11 is 0. The van der Waals surface area contributed by atoms with Gasteiger partial charge in [0.1, 0.15) is 11.6 Å². The Morgan fingerprint density at radius 3 is 2.58 bits per heavy atom. The molecule has 1 aromatic carbocycles. The lowest BCUT2D eigenvalue weighted by Crippen LogP contribution is -1.97. The Labute approximate surface area is 108 Å². The maximum absolute atomic E-state index is 10.7. The van der Waals surface area contributed by atoms with Gasteiger partial charge < -0.3 is 10.5 Å². The van der Waals surface area contributed by atoms with Crippen LogP contribution in [0.5, 0.6) is 11.6 Å². The van der Waals surface area contributed by atoms with Gasteiger partial charge in [-0.05, 0) is 24.3 Å². The van der Waals surface area contributed by atoms with Gasteiger partial charge in [0.2, 0.25) is 5.88 Å². The number of hydrogen-bond donors (Lipinski definition) is 1. The zero-order chi connectivity index (χ0) is 13.8. The van der Waals surface area contributed by atoms with E-state index in [1.165, 1.54) is 6.07 Å². The number of nitrogens with two attached hydrogens (primary N) is 1. The molecule has 7 nitrogen and oxygen atoms in total. The van der Waals surface area contributed by atoms with E-state index in [4.69, 9.17) is 15.7 Å². The third kappa shape index (κ3) is 2.95. The first kappa shape index (κ1) is 12.3. The van der Waals surface area contributed by atoms with Gasteiger partial charge in [0.05, 0.1) is 28.7 Å². The van der Waals surface area contributed by atoms with E-state index in [0.29, 0.717) is 11.3 Å². The standard InChI is InChI=1S/C12H8N4O3/c13-7-8-1-3-10(4-2-8)19-12-6-9(16(17)18)5-11(14)15-12/h1-6H,(H2,14,15). The van der Waals surface area contributed by atoms with Crippen molar-refractivity contribution in [2.45, 2.75) is 0 Å². The molecule has 0 aliphatic carbocycles. The largest absolute Gasteiger partial charge is 0.439 e. The van der Waals surface area contributed by atoms with Crippen LogP contribution in [0.2, 0.25) is 0 Å². The molecule has 1 heterocycles. The van der Waals surface area contributed by atoms with Crippen LogP contribution < -0.4 is 10.5 Å². The van der Waals surface area contributed by atoms with Crippen LogP contribution in [0.3, 0.4) is 0 Å². The van der Waals surface area contributed by atoms with Crippen molar-refractivity contribution in [2.75, 3.05) is 5.73 Å². The Morgan fingerprint density at radius 1 is 1.32 bits per heavy atom. The van der Waals surface area contributed by atoms with Gasteiger partial charge in [0.25, 0.3) is 5.69 Å². The zero-order valence-electron chi connectivity index (χ0n) is 9.61. The molecule has 1 aromatic heterocycles. The summed E-state index contributed by atoms with van der Waals surface area (Å²) < 4.78 is 5.34. The monoisotopic (exact) mass is 256 g/mol. The van der Waals surface area contributed by atoms with Gasteiger partial charge in [-0.3, -0.25) is 10.1 Å². The zero-order valence-corrected chi connectivity index (χ0v) is 9.61. The third-order valence-electron chi connectivity index (χ3n) is 2.22. The molecule has 0 saturated carbocycles. The molecule has 0 atom stereocenters. The molecule has 0 saturated heterocycles. The SMILES string of the molecule is N#Cc1ccc(Oc2cc([N+](=O)[O-])cc(N)n2)cc1. The van der Waals surface area contributed by atoms with E-state index in [1.54, 1.807) is 24.3 Å². The number of benzene rings is 1. The number of nitro groups is 1. The van der Waals surface area contributed by atoms with Gasteiger partial charge >= 0.3 is 0 Å². The molecular formula is C12H8N4O3. The molecule has 7 heteroatoms. The second-order valence-corrected chi connectivity index (χ2v) is 3.58. The highest BCUT2D eigenvalue weighted by molar-refractivity contribution is 5.46. The van der Waals surface area contributed by atoms with Crippen LogP contribution in [-0.2, 0) is 0 Å². The summed E-state index contributed by atoms with van der Waals surface area (Å²) in [6.45, 7) is 0. The molecule has 2 aromatic rings. The number of nitrogens with zero attached hydrogens (tertiary/aromatic N) is 3. The number of nitrogen functional groups attached to an aromatic ring is 1. The minimum absolute atomic E-state index is 0.00200. The van der Waals surface area contributed by atoms with Gasteiger partial charge in [-0.15, -0.1) is 0 Å². The lowest BCUT2D eigenvalue weighted by atomic mass is 10.2. The van der Waals surface area contributed by atoms with Crippen LogP contribution in [0.4, 0.5) is 11.5 Å². The van der Waals surface area contributed by atoms with E-state index >= 15 is 0 Å². The van der Waals surface area contributed by atoms with Gasteiger partial charge in [-0.25, -0.2) is 0 Å². The first-order valence-corrected chi connectivity index (χ1v) is 5.18. The Hall–Kier alpha value is -3.14. The second-order valence-electron chi connectivity index (χ2n) is 3.58. The fraction of sp³-hybridized carbons (Fsp3) is 0. The van der Waals surface area contributed by atoms with E-state index < -0.39 is 4.92 Å². The van der Waals surface area contributed by atoms with E-state index in [-0.39, 0.29) is 17.4 Å². The molecule has 2 N–H and O–H groups in total. The molecule has 0 radical (unpaired) electrons. The first-order chi connectivity index (χ1) is 9.08. The minimum atomic E-state index is -0.580. The Bertz CT molecular complexity index is 662. The van der Waals surface area contributed by atoms with Crippen LogP contribution in [-0.4, -0.2) is 9.91 Å². The molecule has 0 unspecified atom stereocenters. The van der Waals surface area contributed by atoms with Gasteiger partial charge in [-0.2, -0.15) is 10.2 Å². The van der Waals surface area contributed by atoms with Gasteiger partial charge in [-0.1, -0.05) is 0 Å². The molecule has 2 rings (SSSR count). The topological polar surface area (TPSA) is 115 Å². The quantitative estimate of drug-likeness (QED) is 0.665. The summed E-state index contributed by atoms with van der Waals surface area (Å²) in [6.07, 6.45) is 0. The van der Waals surface area contributed by atoms with Gasteiger partial charge in [0, 0.05) is 0 Å². The smallest absolute Gasteiger partial charge is 0.278 e. The Balaban J connectivity index is 2.27. The predicted molar refractivity (Wildman–Crippen MR) is 66.5 cm³/mol. The summed E-state index contributed by atoms with van der Waals surface area (Å²) in [7, 11) is 0. The minimum Gasteiger partial charge on any atom is -0.439 e. The molecule has 0 amide bonds. The van der Waals surface area contributed by atoms with Crippen LogP contribution in [0.15, 0.2) is 36.4 Å². The number of nitriles is 1. The van der Waals surface area contributed by atoms with Crippen molar-refractivity contribution < 1.29 is 9.66 Å². The van der Waals surface area contributed by atoms with E-state index in [0.717, 1.165) is 6.07 Å². The van der Waals surface area contributed by atoms with Crippen LogP contribution in [0.1, 0.15) is 5.56 Å². The van der Waals surface area contributed by atoms with Crippen molar-refractivity contribution in [1.29, 1.82) is 5.26 Å². The number of ether oxygens (including phenoxy) is 1. The van der Waals surface area contributed by atoms with Crippen molar-refractivity contribution in [2.24, 2.45) is 0 Å². The predicted octanol–water partition coefficient (Wildman–Crippen LogP) is 2.24. The molecule has 94 valence electrons. The highest BCUT2D eigenvalue weighted by atomic mass is 16.6. The van der Waals surface area contributed by atoms with Crippen molar-refractivity contribution in [3.63, 3.8) is 0 Å². The molecule has 0 aliphatic rings. The maximum atomic E-state index is 10.7. The van der Waals surface area contributed by atoms with Crippen molar-refractivity contribution in [3.8, 4) is 17.7 Å². The fourth-order valence-corrected chi connectivity index (χ4v) is 1.39. The number of aromatic nitrogens is 1. The normalized spacial score (nSPS) is 9.63. The summed E-state index contributed by atoms with van der Waals surface area (Å²) in [5.74, 6) is 0.431. The van der Waals surface area contributed by atoms with Crippen molar-refractivity contribution in [1.82, 2.24) is 4.98 Å². The first-order valence-electron chi connectivity index (χ1n) is 5.18. The molecule has 0 aliphatic heterocycles. The van der Waals surface area contributed by atoms with E-state index in [9.17, 15) is 10.1 Å². The average Bonchev–Trinajstić information content (AvgIpc) is 2.39. The summed E-state index contributed by atoms with van der Waals surface area (Å²) in [5.41, 5.74) is 5.74. The lowest BCUT2D eigenvalue weighted by molar-refractivity contribution is -0.384. The fourth-order valence-electron chi connectivity index (χ4n) is 1.39. The van der Waals surface area contributed by atoms with E-state index in [2.05, 4.69) is 4.98 Å². The maximum Gasteiger partial charge on any atom is 0.278 e. The van der Waals surface area contributed by atoms with Crippen molar-refractivity contribution >= 4 is 11.5 Å². The number of rotatable bonds is 3. The van der Waals surface area contributed by atoms with Crippen LogP contribution >= 0.6 is 0 Å². The average molecular weight is 256 g/mol. The number of anilines is 1. The molecule has 19 heavy (non-hydrogen) atoms. The van der Waals surface area contributed by atoms with Gasteiger partial charge in [0.15, 0.2) is 0 Å². The van der Waals surface area contributed by atoms with Crippen LogP contribution in [0.25, 0.3) is 0 Å². The van der Waals surface area contributed by atoms with E-state index in [1.807, 2.05) is 6.07 Å². The lowest BCUT2D eigenvalue weighted by Gasteiger charge is -2.05. The highest BCUT2D eigenvalue weighted by Crippen LogP contribution is 2.25. The molecule has 0 spiro atoms. The summed E-state index contributed by atoms with van der Waals surface area (Å²) in [6, 6.07) is 10.6. The molecule has 0 fully saturated rings. The Kier molecular flexibility index (Phi) is 3.25. The highest BCUT2D eigenvalue weighted by Gasteiger charge is 2.11. The number of hydrogen-bond acceptors (Lipinski definition) is 6. The summed E-state index contributed by atoms with van der Waals surface area (Å²) in [5, 5.41) is 19.3. The van der Waals surface area contributed by atoms with Crippen molar-refractivity contribution in [3.05, 3.63) is 52.1 Å². The Morgan fingerprint density at radius 2 is 2.00 bits per heavy atom. The second kappa shape index (κ2) is 5.01. The summed E-state index contributed by atoms with van der Waals surface area (Å²) in [4.78, 5) is 13.9. The van der Waals surface area contributed by atoms with Crippen LogP contribution in [0, 0.1) is 21.4 Å². The third-order valence-corrected chi connectivity index (χ3v) is 2.22. The molecule has 0 bridgehead atoms.